The van der Waals surface area contributed by atoms with Crippen LogP contribution in [0.1, 0.15) is 21.6 Å². The van der Waals surface area contributed by atoms with Crippen molar-refractivity contribution in [2.45, 2.75) is 12.8 Å². The van der Waals surface area contributed by atoms with Crippen molar-refractivity contribution in [3.8, 4) is 11.6 Å². The fourth-order valence-electron chi connectivity index (χ4n) is 3.35. The average Bonchev–Trinajstić information content (AvgIpc) is 2.79. The van der Waals surface area contributed by atoms with Crippen LogP contribution in [0.25, 0.3) is 10.8 Å². The SMILES string of the molecule is COCc1cc(Oc2ccc3c(C(=O)Nc4ccc(F)cc4C(F)(F)F)cccc3c2)ncn1. The van der Waals surface area contributed by atoms with Crippen LogP contribution >= 0.6 is 0 Å². The van der Waals surface area contributed by atoms with Crippen molar-refractivity contribution in [1.29, 1.82) is 0 Å². The first-order chi connectivity index (χ1) is 16.2. The quantitative estimate of drug-likeness (QED) is 0.350. The van der Waals surface area contributed by atoms with Gasteiger partial charge in [0.1, 0.15) is 17.9 Å². The first kappa shape index (κ1) is 23.1. The van der Waals surface area contributed by atoms with Gasteiger partial charge in [0.15, 0.2) is 0 Å². The van der Waals surface area contributed by atoms with Crippen molar-refractivity contribution in [2.24, 2.45) is 0 Å². The van der Waals surface area contributed by atoms with Crippen molar-refractivity contribution in [3.05, 3.63) is 89.6 Å². The smallest absolute Gasteiger partial charge is 0.418 e. The molecule has 1 heterocycles. The number of nitrogens with zero attached hydrogens (tertiary/aromatic N) is 2. The summed E-state index contributed by atoms with van der Waals surface area (Å²) >= 11 is 0. The fraction of sp³-hybridized carbons (Fsp3) is 0.125. The fourth-order valence-corrected chi connectivity index (χ4v) is 3.35. The number of ether oxygens (including phenoxy) is 2. The lowest BCUT2D eigenvalue weighted by atomic mass is 10.0. The Hall–Kier alpha value is -4.05. The Bertz CT molecular complexity index is 1360. The Morgan fingerprint density at radius 3 is 2.62 bits per heavy atom. The Balaban J connectivity index is 1.61. The number of hydrogen-bond acceptors (Lipinski definition) is 5. The lowest BCUT2D eigenvalue weighted by molar-refractivity contribution is -0.137. The number of fused-ring (bicyclic) bond motifs is 1. The number of amides is 1. The van der Waals surface area contributed by atoms with Gasteiger partial charge in [0.2, 0.25) is 5.88 Å². The van der Waals surface area contributed by atoms with Gasteiger partial charge in [-0.05, 0) is 53.2 Å². The number of nitrogens with one attached hydrogen (secondary N) is 1. The first-order valence-corrected chi connectivity index (χ1v) is 9.93. The number of aromatic nitrogens is 2. The molecule has 0 atom stereocenters. The minimum atomic E-state index is -4.83. The Morgan fingerprint density at radius 2 is 1.85 bits per heavy atom. The minimum absolute atomic E-state index is 0.144. The molecule has 34 heavy (non-hydrogen) atoms. The molecule has 0 bridgehead atoms. The highest BCUT2D eigenvalue weighted by atomic mass is 19.4. The maximum Gasteiger partial charge on any atom is 0.418 e. The molecule has 1 amide bonds. The lowest BCUT2D eigenvalue weighted by Crippen LogP contribution is -2.17. The van der Waals surface area contributed by atoms with Gasteiger partial charge in [-0.25, -0.2) is 14.4 Å². The van der Waals surface area contributed by atoms with Crippen LogP contribution in [0.4, 0.5) is 23.2 Å². The molecule has 3 aromatic carbocycles. The van der Waals surface area contributed by atoms with Crippen LogP contribution in [0.5, 0.6) is 11.6 Å². The third-order valence-corrected chi connectivity index (χ3v) is 4.84. The third kappa shape index (κ3) is 5.12. The molecule has 0 radical (unpaired) electrons. The number of rotatable bonds is 6. The summed E-state index contributed by atoms with van der Waals surface area (Å²) in [5, 5.41) is 3.35. The van der Waals surface area contributed by atoms with E-state index in [1.165, 1.54) is 12.4 Å². The molecule has 10 heteroatoms. The molecule has 1 N–H and O–H groups in total. The van der Waals surface area contributed by atoms with E-state index in [1.807, 2.05) is 0 Å². The number of alkyl halides is 3. The van der Waals surface area contributed by atoms with Crippen LogP contribution in [-0.2, 0) is 17.5 Å². The van der Waals surface area contributed by atoms with E-state index in [1.54, 1.807) is 43.5 Å². The maximum absolute atomic E-state index is 13.4. The molecule has 0 unspecified atom stereocenters. The number of benzene rings is 3. The molecule has 0 saturated carbocycles. The summed E-state index contributed by atoms with van der Waals surface area (Å²) in [7, 11) is 1.54. The summed E-state index contributed by atoms with van der Waals surface area (Å²) in [4.78, 5) is 20.9. The average molecular weight is 471 g/mol. The number of anilines is 1. The van der Waals surface area contributed by atoms with E-state index in [0.29, 0.717) is 40.8 Å². The summed E-state index contributed by atoms with van der Waals surface area (Å²) in [5.74, 6) is -1.09. The number of halogens is 4. The van der Waals surface area contributed by atoms with Crippen molar-refractivity contribution in [2.75, 3.05) is 12.4 Å². The minimum Gasteiger partial charge on any atom is -0.439 e. The van der Waals surface area contributed by atoms with Gasteiger partial charge in [0.25, 0.3) is 5.91 Å². The van der Waals surface area contributed by atoms with E-state index in [9.17, 15) is 22.4 Å². The highest BCUT2D eigenvalue weighted by Gasteiger charge is 2.34. The zero-order valence-electron chi connectivity index (χ0n) is 17.7. The Morgan fingerprint density at radius 1 is 1.03 bits per heavy atom. The van der Waals surface area contributed by atoms with Crippen LogP contribution in [0, 0.1) is 5.82 Å². The van der Waals surface area contributed by atoms with Gasteiger partial charge in [0.05, 0.1) is 23.6 Å². The molecular formula is C24H17F4N3O3. The highest BCUT2D eigenvalue weighted by molar-refractivity contribution is 6.13. The van der Waals surface area contributed by atoms with Crippen molar-refractivity contribution in [3.63, 3.8) is 0 Å². The van der Waals surface area contributed by atoms with Crippen LogP contribution in [0.2, 0.25) is 0 Å². The molecule has 4 rings (SSSR count). The maximum atomic E-state index is 13.4. The predicted octanol–water partition coefficient (Wildman–Crippen LogP) is 5.98. The lowest BCUT2D eigenvalue weighted by Gasteiger charge is -2.15. The molecule has 6 nitrogen and oxygen atoms in total. The molecule has 0 aliphatic heterocycles. The predicted molar refractivity (Wildman–Crippen MR) is 116 cm³/mol. The zero-order valence-corrected chi connectivity index (χ0v) is 17.7. The second-order valence-electron chi connectivity index (χ2n) is 7.21. The summed E-state index contributed by atoms with van der Waals surface area (Å²) in [6, 6.07) is 13.4. The van der Waals surface area contributed by atoms with Crippen LogP contribution in [0.3, 0.4) is 0 Å². The van der Waals surface area contributed by atoms with E-state index >= 15 is 0 Å². The van der Waals surface area contributed by atoms with Gasteiger partial charge < -0.3 is 14.8 Å². The summed E-state index contributed by atoms with van der Waals surface area (Å²) in [6.45, 7) is 0.291. The molecule has 0 aliphatic rings. The van der Waals surface area contributed by atoms with Gasteiger partial charge in [-0.15, -0.1) is 0 Å². The molecule has 174 valence electrons. The molecule has 0 saturated heterocycles. The van der Waals surface area contributed by atoms with Crippen LogP contribution in [0.15, 0.2) is 67.0 Å². The summed E-state index contributed by atoms with van der Waals surface area (Å²) < 4.78 is 64.0. The molecular weight excluding hydrogens is 454 g/mol. The van der Waals surface area contributed by atoms with E-state index in [-0.39, 0.29) is 5.56 Å². The molecule has 0 aliphatic carbocycles. The van der Waals surface area contributed by atoms with Crippen molar-refractivity contribution in [1.82, 2.24) is 9.97 Å². The van der Waals surface area contributed by atoms with E-state index in [2.05, 4.69) is 15.3 Å². The Kier molecular flexibility index (Phi) is 6.42. The van der Waals surface area contributed by atoms with Gasteiger partial charge in [0, 0.05) is 18.7 Å². The van der Waals surface area contributed by atoms with E-state index in [0.717, 1.165) is 12.1 Å². The molecule has 1 aromatic heterocycles. The number of methoxy groups -OCH3 is 1. The van der Waals surface area contributed by atoms with Gasteiger partial charge in [-0.3, -0.25) is 4.79 Å². The van der Waals surface area contributed by atoms with Crippen molar-refractivity contribution < 1.29 is 31.8 Å². The monoisotopic (exact) mass is 471 g/mol. The third-order valence-electron chi connectivity index (χ3n) is 4.84. The second-order valence-corrected chi connectivity index (χ2v) is 7.21. The zero-order chi connectivity index (χ0) is 24.3. The van der Waals surface area contributed by atoms with E-state index < -0.39 is 29.2 Å². The van der Waals surface area contributed by atoms with Crippen LogP contribution in [-0.4, -0.2) is 23.0 Å². The van der Waals surface area contributed by atoms with Crippen LogP contribution < -0.4 is 10.1 Å². The van der Waals surface area contributed by atoms with Gasteiger partial charge >= 0.3 is 6.18 Å². The largest absolute Gasteiger partial charge is 0.439 e. The number of carbonyl (C=O) groups is 1. The Labute approximate surface area is 191 Å². The van der Waals surface area contributed by atoms with Crippen molar-refractivity contribution >= 4 is 22.4 Å². The second kappa shape index (κ2) is 9.44. The summed E-state index contributed by atoms with van der Waals surface area (Å²) in [5.41, 5.74) is -1.03. The molecule has 0 fully saturated rings. The topological polar surface area (TPSA) is 73.3 Å². The summed E-state index contributed by atoms with van der Waals surface area (Å²) in [6.07, 6.45) is -3.49. The van der Waals surface area contributed by atoms with Gasteiger partial charge in [-0.2, -0.15) is 13.2 Å². The molecule has 0 spiro atoms. The first-order valence-electron chi connectivity index (χ1n) is 9.93. The number of carbonyl (C=O) groups excluding carboxylic acids is 1. The van der Waals surface area contributed by atoms with Gasteiger partial charge in [-0.1, -0.05) is 12.1 Å². The normalized spacial score (nSPS) is 11.4. The highest BCUT2D eigenvalue weighted by Crippen LogP contribution is 2.36. The van der Waals surface area contributed by atoms with E-state index in [4.69, 9.17) is 9.47 Å². The number of hydrogen-bond donors (Lipinski definition) is 1. The standard InChI is InChI=1S/C24H17F4N3O3/c1-33-12-16-11-22(30-13-29-16)34-17-6-7-18-14(9-17)3-2-4-19(18)23(32)31-21-8-5-15(25)10-20(21)24(26,27)28/h2-11,13H,12H2,1H3,(H,31,32). The molecule has 4 aromatic rings.